The Labute approximate surface area is 204 Å². The molecular formula is C26H33N7O2. The van der Waals surface area contributed by atoms with E-state index in [1.165, 1.54) is 5.69 Å². The molecule has 1 aromatic carbocycles. The summed E-state index contributed by atoms with van der Waals surface area (Å²) in [6.45, 7) is 5.79. The van der Waals surface area contributed by atoms with Crippen LogP contribution in [0.15, 0.2) is 52.2 Å². The Kier molecular flexibility index (Phi) is 6.68. The summed E-state index contributed by atoms with van der Waals surface area (Å²) in [5.41, 5.74) is 2.46. The molecule has 1 N–H and O–H groups in total. The average molecular weight is 476 g/mol. The minimum absolute atomic E-state index is 0.362. The van der Waals surface area contributed by atoms with Crippen molar-refractivity contribution < 1.29 is 0 Å². The fourth-order valence-electron chi connectivity index (χ4n) is 5.18. The summed E-state index contributed by atoms with van der Waals surface area (Å²) >= 11 is 0. The van der Waals surface area contributed by atoms with E-state index in [-0.39, 0.29) is 5.56 Å². The topological polar surface area (TPSA) is 93.7 Å². The number of fused-ring (bicyclic) bond motifs is 1. The van der Waals surface area contributed by atoms with E-state index in [9.17, 15) is 9.59 Å². The number of unbranched alkanes of at least 4 members (excludes halogenated alkanes) is 1. The zero-order valence-electron chi connectivity index (χ0n) is 20.5. The zero-order chi connectivity index (χ0) is 24.4. The highest BCUT2D eigenvalue weighted by molar-refractivity contribution is 5.71. The van der Waals surface area contributed by atoms with Gasteiger partial charge in [0.1, 0.15) is 5.82 Å². The zero-order valence-corrected chi connectivity index (χ0v) is 20.5. The van der Waals surface area contributed by atoms with E-state index in [0.29, 0.717) is 36.7 Å². The normalized spacial score (nSPS) is 15.3. The van der Waals surface area contributed by atoms with Gasteiger partial charge in [0, 0.05) is 31.4 Å². The van der Waals surface area contributed by atoms with Crippen LogP contribution in [0.4, 0.5) is 0 Å². The lowest BCUT2D eigenvalue weighted by molar-refractivity contribution is 0.195. The van der Waals surface area contributed by atoms with Gasteiger partial charge in [-0.3, -0.25) is 23.9 Å². The fourth-order valence-corrected chi connectivity index (χ4v) is 5.18. The van der Waals surface area contributed by atoms with Gasteiger partial charge in [-0.15, -0.1) is 0 Å². The number of hydrogen-bond donors (Lipinski definition) is 1. The molecule has 0 radical (unpaired) electrons. The molecule has 0 aliphatic carbocycles. The second-order valence-electron chi connectivity index (χ2n) is 9.47. The summed E-state index contributed by atoms with van der Waals surface area (Å²) in [5.74, 6) is 1.36. The second-order valence-corrected chi connectivity index (χ2v) is 9.47. The highest BCUT2D eigenvalue weighted by Crippen LogP contribution is 2.28. The van der Waals surface area contributed by atoms with E-state index < -0.39 is 5.69 Å². The molecule has 4 aromatic rings. The predicted molar refractivity (Wildman–Crippen MR) is 136 cm³/mol. The second kappa shape index (κ2) is 10.0. The maximum absolute atomic E-state index is 12.9. The quantitative estimate of drug-likeness (QED) is 0.423. The van der Waals surface area contributed by atoms with Gasteiger partial charge in [0.05, 0.1) is 13.1 Å². The number of nitrogens with one attached hydrogen (secondary N) is 1. The van der Waals surface area contributed by atoms with Crippen LogP contribution < -0.4 is 11.2 Å². The van der Waals surface area contributed by atoms with E-state index in [1.54, 1.807) is 4.57 Å². The average Bonchev–Trinajstić information content (AvgIpc) is 3.45. The Bertz CT molecular complexity index is 1410. The van der Waals surface area contributed by atoms with Gasteiger partial charge in [0.2, 0.25) is 0 Å². The van der Waals surface area contributed by atoms with Crippen molar-refractivity contribution in [1.29, 1.82) is 0 Å². The van der Waals surface area contributed by atoms with E-state index in [4.69, 9.17) is 4.98 Å². The number of benzene rings is 1. The summed E-state index contributed by atoms with van der Waals surface area (Å²) in [7, 11) is 2.00. The number of piperidine rings is 1. The van der Waals surface area contributed by atoms with Crippen molar-refractivity contribution in [3.05, 3.63) is 80.5 Å². The maximum atomic E-state index is 12.9. The molecule has 1 saturated heterocycles. The monoisotopic (exact) mass is 475 g/mol. The molecule has 0 spiro atoms. The van der Waals surface area contributed by atoms with Gasteiger partial charge >= 0.3 is 5.69 Å². The molecule has 1 aliphatic heterocycles. The molecule has 0 amide bonds. The lowest BCUT2D eigenvalue weighted by atomic mass is 9.93. The van der Waals surface area contributed by atoms with Crippen LogP contribution >= 0.6 is 0 Å². The number of aromatic nitrogens is 6. The first-order valence-corrected chi connectivity index (χ1v) is 12.5. The number of aromatic amines is 1. The molecule has 1 aliphatic rings. The first-order valence-electron chi connectivity index (χ1n) is 12.5. The summed E-state index contributed by atoms with van der Waals surface area (Å²) in [5, 5.41) is 4.33. The first kappa shape index (κ1) is 23.3. The van der Waals surface area contributed by atoms with Gasteiger partial charge in [-0.25, -0.2) is 9.78 Å². The van der Waals surface area contributed by atoms with Crippen molar-refractivity contribution in [3.63, 3.8) is 0 Å². The largest absolute Gasteiger partial charge is 0.330 e. The number of hydrogen-bond acceptors (Lipinski definition) is 5. The molecule has 184 valence electrons. The molecule has 0 atom stereocenters. The summed E-state index contributed by atoms with van der Waals surface area (Å²) in [4.78, 5) is 35.6. The van der Waals surface area contributed by atoms with Crippen molar-refractivity contribution in [2.45, 2.75) is 58.2 Å². The summed E-state index contributed by atoms with van der Waals surface area (Å²) in [6.07, 6.45) is 5.95. The number of rotatable bonds is 8. The Morgan fingerprint density at radius 1 is 1.03 bits per heavy atom. The van der Waals surface area contributed by atoms with Crippen LogP contribution in [0.3, 0.4) is 0 Å². The predicted octanol–water partition coefficient (Wildman–Crippen LogP) is 2.85. The van der Waals surface area contributed by atoms with Gasteiger partial charge in [0.25, 0.3) is 5.56 Å². The van der Waals surface area contributed by atoms with E-state index in [1.807, 2.05) is 52.8 Å². The van der Waals surface area contributed by atoms with Crippen LogP contribution in [0.2, 0.25) is 0 Å². The Morgan fingerprint density at radius 3 is 2.49 bits per heavy atom. The minimum Gasteiger partial charge on any atom is -0.321 e. The molecule has 35 heavy (non-hydrogen) atoms. The molecule has 9 heteroatoms. The van der Waals surface area contributed by atoms with E-state index in [2.05, 4.69) is 28.0 Å². The van der Waals surface area contributed by atoms with Crippen LogP contribution in [0, 0.1) is 0 Å². The fraction of sp³-hybridized carbons (Fsp3) is 0.462. The number of nitrogens with zero attached hydrogens (tertiary/aromatic N) is 6. The molecule has 0 saturated carbocycles. The highest BCUT2D eigenvalue weighted by Gasteiger charge is 2.25. The molecular weight excluding hydrogens is 442 g/mol. The molecule has 5 rings (SSSR count). The van der Waals surface area contributed by atoms with Gasteiger partial charge in [-0.2, -0.15) is 5.10 Å². The molecule has 0 bridgehead atoms. The van der Waals surface area contributed by atoms with Crippen molar-refractivity contribution in [3.8, 4) is 0 Å². The van der Waals surface area contributed by atoms with E-state index in [0.717, 1.165) is 50.2 Å². The van der Waals surface area contributed by atoms with E-state index >= 15 is 0 Å². The van der Waals surface area contributed by atoms with Crippen molar-refractivity contribution in [2.24, 2.45) is 7.05 Å². The number of H-pyrrole nitrogens is 1. The Hall–Kier alpha value is -3.46. The molecule has 1 fully saturated rings. The van der Waals surface area contributed by atoms with Crippen molar-refractivity contribution >= 4 is 11.2 Å². The van der Waals surface area contributed by atoms with Crippen LogP contribution in [-0.4, -0.2) is 46.9 Å². The third kappa shape index (κ3) is 4.73. The van der Waals surface area contributed by atoms with Crippen LogP contribution in [0.1, 0.15) is 55.6 Å². The third-order valence-electron chi connectivity index (χ3n) is 7.11. The molecule has 3 aromatic heterocycles. The Balaban J connectivity index is 1.46. The van der Waals surface area contributed by atoms with Gasteiger partial charge in [0.15, 0.2) is 11.2 Å². The first-order chi connectivity index (χ1) is 17.0. The number of aryl methyl sites for hydroxylation is 2. The molecule has 4 heterocycles. The van der Waals surface area contributed by atoms with Crippen LogP contribution in [0.25, 0.3) is 11.2 Å². The molecule has 0 unspecified atom stereocenters. The number of imidazole rings is 1. The molecule has 9 nitrogen and oxygen atoms in total. The third-order valence-corrected chi connectivity index (χ3v) is 7.11. The summed E-state index contributed by atoms with van der Waals surface area (Å²) < 4.78 is 5.60. The Morgan fingerprint density at radius 2 is 1.80 bits per heavy atom. The maximum Gasteiger partial charge on any atom is 0.330 e. The lowest BCUT2D eigenvalue weighted by Crippen LogP contribution is -2.34. The SMILES string of the molecule is CCCCn1c(CN2CCC(c3ccnn3C)CC2)nc2c1c(=O)[nH]c(=O)n2Cc1ccccc1. The highest BCUT2D eigenvalue weighted by atomic mass is 16.2. The summed E-state index contributed by atoms with van der Waals surface area (Å²) in [6, 6.07) is 11.9. The standard InChI is InChI=1S/C26H33N7O2/c1-3-4-14-32-22(18-31-15-11-20(12-16-31)21-10-13-27-30(21)2)28-24-23(32)25(34)29-26(35)33(24)17-19-8-6-5-7-9-19/h5-10,13,20H,3-4,11-12,14-18H2,1-2H3,(H,29,34,35). The van der Waals surface area contributed by atoms with Crippen molar-refractivity contribution in [2.75, 3.05) is 13.1 Å². The van der Waals surface area contributed by atoms with Crippen LogP contribution in [0.5, 0.6) is 0 Å². The van der Waals surface area contributed by atoms with Gasteiger partial charge < -0.3 is 4.57 Å². The smallest absolute Gasteiger partial charge is 0.321 e. The van der Waals surface area contributed by atoms with Gasteiger partial charge in [-0.05, 0) is 44.0 Å². The van der Waals surface area contributed by atoms with Crippen molar-refractivity contribution in [1.82, 2.24) is 33.8 Å². The van der Waals surface area contributed by atoms with Crippen LogP contribution in [-0.2, 0) is 26.7 Å². The number of likely N-dealkylation sites (tertiary alicyclic amines) is 1. The van der Waals surface area contributed by atoms with Gasteiger partial charge in [-0.1, -0.05) is 43.7 Å². The lowest BCUT2D eigenvalue weighted by Gasteiger charge is -2.31. The minimum atomic E-state index is -0.421.